The van der Waals surface area contributed by atoms with Gasteiger partial charge < -0.3 is 10.4 Å². The van der Waals surface area contributed by atoms with Crippen LogP contribution in [-0.4, -0.2) is 16.6 Å². The summed E-state index contributed by atoms with van der Waals surface area (Å²) in [6, 6.07) is 6.58. The summed E-state index contributed by atoms with van der Waals surface area (Å²) in [5.41, 5.74) is -0.499. The van der Waals surface area contributed by atoms with Gasteiger partial charge in [0.15, 0.2) is 0 Å². The molecule has 0 saturated carbocycles. The lowest BCUT2D eigenvalue weighted by molar-refractivity contribution is -0.137. The van der Waals surface area contributed by atoms with Crippen molar-refractivity contribution in [2.75, 3.05) is 11.9 Å². The summed E-state index contributed by atoms with van der Waals surface area (Å²) in [5, 5.41) is 13.2. The predicted molar refractivity (Wildman–Crippen MR) is 79.2 cm³/mol. The van der Waals surface area contributed by atoms with Crippen LogP contribution in [0.5, 0.6) is 0 Å². The van der Waals surface area contributed by atoms with Crippen LogP contribution in [0.1, 0.15) is 17.2 Å². The van der Waals surface area contributed by atoms with E-state index in [0.717, 1.165) is 6.07 Å². The van der Waals surface area contributed by atoms with Crippen molar-refractivity contribution in [3.8, 4) is 0 Å². The lowest BCUT2D eigenvalue weighted by Gasteiger charge is -2.16. The average Bonchev–Trinajstić information content (AvgIpc) is 2.43. The van der Waals surface area contributed by atoms with E-state index in [1.807, 2.05) is 0 Å². The second-order valence-electron chi connectivity index (χ2n) is 4.50. The molecule has 2 N–H and O–H groups in total. The highest BCUT2D eigenvalue weighted by molar-refractivity contribution is 6.34. The van der Waals surface area contributed by atoms with E-state index in [1.54, 1.807) is 0 Å². The van der Waals surface area contributed by atoms with Crippen LogP contribution in [0.15, 0.2) is 36.5 Å². The van der Waals surface area contributed by atoms with E-state index in [2.05, 4.69) is 10.3 Å². The number of halogens is 5. The van der Waals surface area contributed by atoms with E-state index in [-0.39, 0.29) is 12.4 Å². The van der Waals surface area contributed by atoms with Crippen molar-refractivity contribution < 1.29 is 18.3 Å². The molecule has 1 atom stereocenters. The minimum absolute atomic E-state index is 0.170. The molecule has 0 aliphatic rings. The Hall–Kier alpha value is -1.50. The van der Waals surface area contributed by atoms with Crippen LogP contribution in [0.4, 0.5) is 19.0 Å². The van der Waals surface area contributed by atoms with E-state index in [9.17, 15) is 18.3 Å². The van der Waals surface area contributed by atoms with E-state index in [1.165, 1.54) is 30.5 Å². The zero-order valence-electron chi connectivity index (χ0n) is 11.0. The van der Waals surface area contributed by atoms with Crippen molar-refractivity contribution in [3.05, 3.63) is 57.7 Å². The first kappa shape index (κ1) is 16.9. The fourth-order valence-electron chi connectivity index (χ4n) is 1.85. The van der Waals surface area contributed by atoms with Gasteiger partial charge in [0, 0.05) is 22.8 Å². The highest BCUT2D eigenvalue weighted by atomic mass is 35.5. The molecule has 0 bridgehead atoms. The SMILES string of the molecule is OC(CNc1ncccc1C(F)(F)F)c1cc(Cl)cc(Cl)c1. The van der Waals surface area contributed by atoms with Gasteiger partial charge in [-0.15, -0.1) is 0 Å². The molecule has 1 aromatic heterocycles. The number of rotatable bonds is 4. The van der Waals surface area contributed by atoms with Crippen molar-refractivity contribution in [1.82, 2.24) is 4.98 Å². The Bertz CT molecular complexity index is 645. The Kier molecular flexibility index (Phi) is 5.16. The first-order chi connectivity index (χ1) is 10.3. The standard InChI is InChI=1S/C14H11Cl2F3N2O/c15-9-4-8(5-10(16)6-9)12(22)7-21-13-11(14(17,18)19)2-1-3-20-13/h1-6,12,22H,7H2,(H,20,21). The molecule has 1 heterocycles. The van der Waals surface area contributed by atoms with Gasteiger partial charge in [-0.25, -0.2) is 4.98 Å². The lowest BCUT2D eigenvalue weighted by atomic mass is 10.1. The summed E-state index contributed by atoms with van der Waals surface area (Å²) < 4.78 is 38.5. The van der Waals surface area contributed by atoms with Gasteiger partial charge in [0.05, 0.1) is 11.7 Å². The number of hydrogen-bond acceptors (Lipinski definition) is 3. The van der Waals surface area contributed by atoms with Crippen LogP contribution < -0.4 is 5.32 Å². The molecule has 1 aromatic carbocycles. The number of hydrogen-bond donors (Lipinski definition) is 2. The van der Waals surface area contributed by atoms with Gasteiger partial charge in [0.1, 0.15) is 5.82 Å². The summed E-state index contributed by atoms with van der Waals surface area (Å²) in [6.45, 7) is -0.170. The van der Waals surface area contributed by atoms with Crippen LogP contribution in [0.25, 0.3) is 0 Å². The third kappa shape index (κ3) is 4.25. The van der Waals surface area contributed by atoms with E-state index >= 15 is 0 Å². The molecule has 3 nitrogen and oxygen atoms in total. The van der Waals surface area contributed by atoms with Crippen molar-refractivity contribution in [2.24, 2.45) is 0 Å². The van der Waals surface area contributed by atoms with Crippen molar-refractivity contribution >= 4 is 29.0 Å². The molecule has 1 unspecified atom stereocenters. The number of anilines is 1. The Balaban J connectivity index is 2.13. The van der Waals surface area contributed by atoms with Crippen molar-refractivity contribution in [1.29, 1.82) is 0 Å². The number of aliphatic hydroxyl groups excluding tert-OH is 1. The average molecular weight is 351 g/mol. The number of pyridine rings is 1. The quantitative estimate of drug-likeness (QED) is 0.849. The maximum atomic E-state index is 12.8. The van der Waals surface area contributed by atoms with E-state index in [0.29, 0.717) is 15.6 Å². The zero-order chi connectivity index (χ0) is 16.3. The highest BCUT2D eigenvalue weighted by Crippen LogP contribution is 2.33. The maximum absolute atomic E-state index is 12.8. The zero-order valence-corrected chi connectivity index (χ0v) is 12.5. The highest BCUT2D eigenvalue weighted by Gasteiger charge is 2.34. The molecule has 0 spiro atoms. The Morgan fingerprint density at radius 3 is 2.41 bits per heavy atom. The molecule has 2 rings (SSSR count). The topological polar surface area (TPSA) is 45.1 Å². The van der Waals surface area contributed by atoms with Gasteiger partial charge in [-0.3, -0.25) is 0 Å². The van der Waals surface area contributed by atoms with Gasteiger partial charge in [-0.2, -0.15) is 13.2 Å². The summed E-state index contributed by atoms with van der Waals surface area (Å²) in [4.78, 5) is 3.65. The van der Waals surface area contributed by atoms with Gasteiger partial charge in [-0.05, 0) is 35.9 Å². The van der Waals surface area contributed by atoms with Gasteiger partial charge in [0.25, 0.3) is 0 Å². The first-order valence-corrected chi connectivity index (χ1v) is 6.93. The third-order valence-corrected chi connectivity index (χ3v) is 3.28. The second-order valence-corrected chi connectivity index (χ2v) is 5.37. The number of aliphatic hydroxyl groups is 1. The molecule has 8 heteroatoms. The molecule has 118 valence electrons. The number of benzene rings is 1. The van der Waals surface area contributed by atoms with Gasteiger partial charge >= 0.3 is 6.18 Å². The predicted octanol–water partition coefficient (Wildman–Crippen LogP) is 4.55. The Morgan fingerprint density at radius 1 is 1.18 bits per heavy atom. The molecular weight excluding hydrogens is 340 g/mol. The number of nitrogens with one attached hydrogen (secondary N) is 1. The molecule has 0 amide bonds. The van der Waals surface area contributed by atoms with Gasteiger partial charge in [-0.1, -0.05) is 23.2 Å². The smallest absolute Gasteiger partial charge is 0.387 e. The fraction of sp³-hybridized carbons (Fsp3) is 0.214. The van der Waals surface area contributed by atoms with Crippen molar-refractivity contribution in [2.45, 2.75) is 12.3 Å². The Labute approximate surface area is 134 Å². The molecule has 0 saturated heterocycles. The number of aromatic nitrogens is 1. The van der Waals surface area contributed by atoms with Gasteiger partial charge in [0.2, 0.25) is 0 Å². The molecule has 0 aliphatic carbocycles. The van der Waals surface area contributed by atoms with Crippen LogP contribution >= 0.6 is 23.2 Å². The largest absolute Gasteiger partial charge is 0.419 e. The summed E-state index contributed by atoms with van der Waals surface area (Å²) >= 11 is 11.6. The molecule has 0 radical (unpaired) electrons. The molecule has 0 aliphatic heterocycles. The van der Waals surface area contributed by atoms with Crippen LogP contribution in [0.3, 0.4) is 0 Å². The molecule has 22 heavy (non-hydrogen) atoms. The normalized spacial score (nSPS) is 13.0. The van der Waals surface area contributed by atoms with Crippen LogP contribution in [-0.2, 0) is 6.18 Å². The minimum Gasteiger partial charge on any atom is -0.387 e. The molecular formula is C14H11Cl2F3N2O. The monoisotopic (exact) mass is 350 g/mol. The number of alkyl halides is 3. The minimum atomic E-state index is -4.53. The molecule has 0 fully saturated rings. The van der Waals surface area contributed by atoms with Crippen LogP contribution in [0.2, 0.25) is 10.0 Å². The third-order valence-electron chi connectivity index (χ3n) is 2.85. The summed E-state index contributed by atoms with van der Waals surface area (Å²) in [7, 11) is 0. The summed E-state index contributed by atoms with van der Waals surface area (Å²) in [5.74, 6) is -0.345. The molecule has 2 aromatic rings. The first-order valence-electron chi connectivity index (χ1n) is 6.17. The van der Waals surface area contributed by atoms with Crippen molar-refractivity contribution in [3.63, 3.8) is 0 Å². The summed E-state index contributed by atoms with van der Waals surface area (Å²) in [6.07, 6.45) is -4.37. The van der Waals surface area contributed by atoms with E-state index < -0.39 is 17.8 Å². The second kappa shape index (κ2) is 6.73. The fourth-order valence-corrected chi connectivity index (χ4v) is 2.40. The van der Waals surface area contributed by atoms with E-state index in [4.69, 9.17) is 23.2 Å². The lowest BCUT2D eigenvalue weighted by Crippen LogP contribution is -2.17. The maximum Gasteiger partial charge on any atom is 0.419 e. The van der Waals surface area contributed by atoms with Crippen LogP contribution in [0, 0.1) is 0 Å². The Morgan fingerprint density at radius 2 is 1.82 bits per heavy atom. The number of nitrogens with zero attached hydrogens (tertiary/aromatic N) is 1.